The standard InChI is InChI=1S/C25H37N5O2.HI/c1-26-24(30-13-10-19(17-30)20-15-28-29(2)16-20)27-18-25(11-6-5-7-12-25)21-8-9-22(31-3)23(14-21)32-4;/h8-9,14-16,19H,5-7,10-13,17-18H2,1-4H3,(H,26,27);1H. The van der Waals surface area contributed by atoms with Crippen molar-refractivity contribution >= 4 is 29.9 Å². The lowest BCUT2D eigenvalue weighted by molar-refractivity contribution is 0.285. The number of rotatable bonds is 6. The number of aryl methyl sites for hydroxylation is 1. The molecule has 182 valence electrons. The van der Waals surface area contributed by atoms with Gasteiger partial charge in [0, 0.05) is 51.3 Å². The predicted molar refractivity (Wildman–Crippen MR) is 143 cm³/mol. The molecule has 1 unspecified atom stereocenters. The molecule has 0 bridgehead atoms. The Morgan fingerprint density at radius 1 is 1.18 bits per heavy atom. The maximum Gasteiger partial charge on any atom is 0.193 e. The Kier molecular flexibility index (Phi) is 8.89. The fourth-order valence-electron chi connectivity index (χ4n) is 5.42. The number of benzene rings is 1. The topological polar surface area (TPSA) is 63.9 Å². The molecule has 2 aromatic rings. The Labute approximate surface area is 214 Å². The van der Waals surface area contributed by atoms with Crippen molar-refractivity contribution in [2.45, 2.75) is 49.9 Å². The van der Waals surface area contributed by atoms with Crippen LogP contribution in [0.1, 0.15) is 55.6 Å². The first-order chi connectivity index (χ1) is 15.6. The highest BCUT2D eigenvalue weighted by Gasteiger charge is 2.36. The lowest BCUT2D eigenvalue weighted by Gasteiger charge is -2.39. The molecule has 0 amide bonds. The summed E-state index contributed by atoms with van der Waals surface area (Å²) in [7, 11) is 7.27. The highest BCUT2D eigenvalue weighted by Crippen LogP contribution is 2.42. The van der Waals surface area contributed by atoms with E-state index in [1.807, 2.05) is 31.0 Å². The van der Waals surface area contributed by atoms with Crippen LogP contribution in [0.4, 0.5) is 0 Å². The van der Waals surface area contributed by atoms with Gasteiger partial charge < -0.3 is 19.7 Å². The molecule has 1 aliphatic carbocycles. The summed E-state index contributed by atoms with van der Waals surface area (Å²) in [5, 5.41) is 8.10. The molecule has 1 atom stereocenters. The van der Waals surface area contributed by atoms with Crippen LogP contribution >= 0.6 is 24.0 Å². The summed E-state index contributed by atoms with van der Waals surface area (Å²) < 4.78 is 13.0. The molecule has 2 fully saturated rings. The summed E-state index contributed by atoms with van der Waals surface area (Å²) in [6.07, 6.45) is 11.4. The lowest BCUT2D eigenvalue weighted by Crippen LogP contribution is -2.47. The fourth-order valence-corrected chi connectivity index (χ4v) is 5.42. The van der Waals surface area contributed by atoms with Crippen molar-refractivity contribution in [3.8, 4) is 11.5 Å². The molecule has 1 saturated heterocycles. The number of hydrogen-bond donors (Lipinski definition) is 1. The van der Waals surface area contributed by atoms with Gasteiger partial charge in [-0.1, -0.05) is 25.3 Å². The van der Waals surface area contributed by atoms with E-state index < -0.39 is 0 Å². The third-order valence-electron chi connectivity index (χ3n) is 7.29. The quantitative estimate of drug-likeness (QED) is 0.320. The van der Waals surface area contributed by atoms with Crippen molar-refractivity contribution in [1.82, 2.24) is 20.0 Å². The normalized spacial score (nSPS) is 20.3. The van der Waals surface area contributed by atoms with E-state index in [0.29, 0.717) is 5.92 Å². The first-order valence-electron chi connectivity index (χ1n) is 11.8. The van der Waals surface area contributed by atoms with Gasteiger partial charge in [-0.3, -0.25) is 9.67 Å². The second-order valence-electron chi connectivity index (χ2n) is 9.19. The van der Waals surface area contributed by atoms with Crippen molar-refractivity contribution in [1.29, 1.82) is 0 Å². The van der Waals surface area contributed by atoms with Gasteiger partial charge in [0.25, 0.3) is 0 Å². The van der Waals surface area contributed by atoms with Crippen molar-refractivity contribution in [3.05, 3.63) is 41.7 Å². The summed E-state index contributed by atoms with van der Waals surface area (Å²) in [5.41, 5.74) is 2.72. The SMILES string of the molecule is CN=C(NCC1(c2ccc(OC)c(OC)c2)CCCCC1)N1CCC(c2cnn(C)c2)C1.I. The minimum absolute atomic E-state index is 0. The molecule has 2 heterocycles. The average Bonchev–Trinajstić information content (AvgIpc) is 3.49. The van der Waals surface area contributed by atoms with Gasteiger partial charge >= 0.3 is 0 Å². The number of likely N-dealkylation sites (tertiary alicyclic amines) is 1. The van der Waals surface area contributed by atoms with Gasteiger partial charge in [-0.2, -0.15) is 5.10 Å². The van der Waals surface area contributed by atoms with E-state index in [9.17, 15) is 0 Å². The molecule has 1 N–H and O–H groups in total. The van der Waals surface area contributed by atoms with Gasteiger partial charge in [-0.25, -0.2) is 0 Å². The second kappa shape index (κ2) is 11.4. The highest BCUT2D eigenvalue weighted by atomic mass is 127. The molecule has 4 rings (SSSR count). The zero-order chi connectivity index (χ0) is 22.6. The second-order valence-corrected chi connectivity index (χ2v) is 9.19. The molecule has 0 spiro atoms. The fraction of sp³-hybridized carbons (Fsp3) is 0.600. The summed E-state index contributed by atoms with van der Waals surface area (Å²) in [4.78, 5) is 7.03. The van der Waals surface area contributed by atoms with E-state index in [4.69, 9.17) is 9.47 Å². The monoisotopic (exact) mass is 567 g/mol. The van der Waals surface area contributed by atoms with Gasteiger partial charge in [0.15, 0.2) is 17.5 Å². The van der Waals surface area contributed by atoms with Crippen LogP contribution in [-0.2, 0) is 12.5 Å². The van der Waals surface area contributed by atoms with Crippen LogP contribution in [0, 0.1) is 0 Å². The van der Waals surface area contributed by atoms with Crippen LogP contribution in [0.2, 0.25) is 0 Å². The van der Waals surface area contributed by atoms with Crippen LogP contribution < -0.4 is 14.8 Å². The summed E-state index contributed by atoms with van der Waals surface area (Å²) in [6, 6.07) is 6.42. The number of halogens is 1. The Hall–Kier alpha value is -1.97. The van der Waals surface area contributed by atoms with E-state index in [2.05, 4.69) is 38.6 Å². The summed E-state index contributed by atoms with van der Waals surface area (Å²) in [5.74, 6) is 3.10. The molecule has 33 heavy (non-hydrogen) atoms. The number of hydrogen-bond acceptors (Lipinski definition) is 4. The third-order valence-corrected chi connectivity index (χ3v) is 7.29. The Bertz CT molecular complexity index is 939. The van der Waals surface area contributed by atoms with Crippen LogP contribution in [0.5, 0.6) is 11.5 Å². The zero-order valence-electron chi connectivity index (χ0n) is 20.3. The molecule has 1 aliphatic heterocycles. The Balaban J connectivity index is 0.00000306. The average molecular weight is 568 g/mol. The number of aromatic nitrogens is 2. The molecule has 1 saturated carbocycles. The first kappa shape index (κ1) is 25.6. The maximum absolute atomic E-state index is 5.61. The number of nitrogens with one attached hydrogen (secondary N) is 1. The smallest absolute Gasteiger partial charge is 0.193 e. The van der Waals surface area contributed by atoms with Crippen molar-refractivity contribution < 1.29 is 9.47 Å². The van der Waals surface area contributed by atoms with E-state index in [-0.39, 0.29) is 29.4 Å². The van der Waals surface area contributed by atoms with Gasteiger partial charge in [-0.05, 0) is 42.5 Å². The first-order valence-corrected chi connectivity index (χ1v) is 11.8. The van der Waals surface area contributed by atoms with Crippen LogP contribution in [0.15, 0.2) is 35.6 Å². The van der Waals surface area contributed by atoms with E-state index in [1.54, 1.807) is 14.2 Å². The highest BCUT2D eigenvalue weighted by molar-refractivity contribution is 14.0. The van der Waals surface area contributed by atoms with Crippen molar-refractivity contribution in [3.63, 3.8) is 0 Å². The number of methoxy groups -OCH3 is 2. The number of guanidine groups is 1. The number of aliphatic imine (C=N–C) groups is 1. The van der Waals surface area contributed by atoms with Gasteiger partial charge in [0.2, 0.25) is 0 Å². The molecule has 1 aromatic carbocycles. The maximum atomic E-state index is 5.61. The Morgan fingerprint density at radius 3 is 2.58 bits per heavy atom. The van der Waals surface area contributed by atoms with Gasteiger partial charge in [0.05, 0.1) is 20.4 Å². The van der Waals surface area contributed by atoms with Crippen LogP contribution in [0.3, 0.4) is 0 Å². The van der Waals surface area contributed by atoms with Gasteiger partial charge in [-0.15, -0.1) is 24.0 Å². The van der Waals surface area contributed by atoms with Crippen LogP contribution in [0.25, 0.3) is 0 Å². The Morgan fingerprint density at radius 2 is 1.94 bits per heavy atom. The van der Waals surface area contributed by atoms with Crippen molar-refractivity contribution in [2.24, 2.45) is 12.0 Å². The number of ether oxygens (including phenoxy) is 2. The molecule has 8 heteroatoms. The van der Waals surface area contributed by atoms with E-state index >= 15 is 0 Å². The molecule has 2 aliphatic rings. The lowest BCUT2D eigenvalue weighted by atomic mass is 9.69. The van der Waals surface area contributed by atoms with Crippen molar-refractivity contribution in [2.75, 3.05) is 40.9 Å². The summed E-state index contributed by atoms with van der Waals surface area (Å²) in [6.45, 7) is 2.88. The van der Waals surface area contributed by atoms with Crippen LogP contribution in [-0.4, -0.2) is 61.5 Å². The van der Waals surface area contributed by atoms with E-state index in [1.165, 1.54) is 43.2 Å². The van der Waals surface area contributed by atoms with Gasteiger partial charge in [0.1, 0.15) is 0 Å². The molecule has 7 nitrogen and oxygen atoms in total. The minimum atomic E-state index is 0. The zero-order valence-corrected chi connectivity index (χ0v) is 22.7. The minimum Gasteiger partial charge on any atom is -0.493 e. The molecular formula is C25H38IN5O2. The van der Waals surface area contributed by atoms with E-state index in [0.717, 1.165) is 43.5 Å². The molecular weight excluding hydrogens is 529 g/mol. The third kappa shape index (κ3) is 5.58. The molecule has 1 aromatic heterocycles. The predicted octanol–water partition coefficient (Wildman–Crippen LogP) is 4.32. The molecule has 0 radical (unpaired) electrons. The summed E-state index contributed by atoms with van der Waals surface area (Å²) >= 11 is 0. The number of nitrogens with zero attached hydrogens (tertiary/aromatic N) is 4. The largest absolute Gasteiger partial charge is 0.493 e.